The number of benzene rings is 1. The van der Waals surface area contributed by atoms with Crippen molar-refractivity contribution in [3.8, 4) is 0 Å². The molecular weight excluding hydrogens is 244 g/mol. The van der Waals surface area contributed by atoms with E-state index in [0.29, 0.717) is 6.42 Å². The fraction of sp³-hybridized carbons (Fsp3) is 0.357. The summed E-state index contributed by atoms with van der Waals surface area (Å²) in [5.74, 6) is 0. The van der Waals surface area contributed by atoms with Crippen LogP contribution in [0.5, 0.6) is 0 Å². The van der Waals surface area contributed by atoms with E-state index in [1.54, 1.807) is 11.3 Å². The van der Waals surface area contributed by atoms with E-state index in [1.165, 1.54) is 0 Å². The highest BCUT2D eigenvalue weighted by molar-refractivity contribution is 7.07. The Morgan fingerprint density at radius 1 is 1.33 bits per heavy atom. The number of nitrogens with one attached hydrogen (secondary N) is 1. The zero-order valence-electron chi connectivity index (χ0n) is 10.4. The lowest BCUT2D eigenvalue weighted by molar-refractivity contribution is 0.154. The van der Waals surface area contributed by atoms with Crippen molar-refractivity contribution in [1.29, 1.82) is 0 Å². The van der Waals surface area contributed by atoms with Crippen LogP contribution in [-0.4, -0.2) is 16.1 Å². The predicted octanol–water partition coefficient (Wildman–Crippen LogP) is 2.74. The molecule has 1 heterocycles. The highest BCUT2D eigenvalue weighted by atomic mass is 32.1. The topological polar surface area (TPSA) is 45.1 Å². The normalized spacial score (nSPS) is 14.3. The third-order valence-electron chi connectivity index (χ3n) is 2.88. The molecule has 2 aromatic rings. The van der Waals surface area contributed by atoms with Gasteiger partial charge in [-0.1, -0.05) is 30.3 Å². The summed E-state index contributed by atoms with van der Waals surface area (Å²) in [6.45, 7) is 2.84. The van der Waals surface area contributed by atoms with Crippen molar-refractivity contribution in [2.45, 2.75) is 32.0 Å². The molecule has 1 aromatic heterocycles. The smallest absolute Gasteiger partial charge is 0.0804 e. The van der Waals surface area contributed by atoms with E-state index in [9.17, 15) is 5.11 Å². The number of aliphatic hydroxyl groups is 1. The molecule has 0 saturated heterocycles. The maximum atomic E-state index is 10.1. The van der Waals surface area contributed by atoms with Crippen LogP contribution in [0.4, 0.5) is 0 Å². The molecule has 2 N–H and O–H groups in total. The maximum absolute atomic E-state index is 10.1. The van der Waals surface area contributed by atoms with Gasteiger partial charge in [0.15, 0.2) is 0 Å². The van der Waals surface area contributed by atoms with Gasteiger partial charge in [-0.3, -0.25) is 0 Å². The molecule has 0 aliphatic heterocycles. The van der Waals surface area contributed by atoms with E-state index in [0.717, 1.165) is 17.8 Å². The van der Waals surface area contributed by atoms with E-state index < -0.39 is 6.10 Å². The summed E-state index contributed by atoms with van der Waals surface area (Å²) in [4.78, 5) is 4.22. The number of nitrogens with zero attached hydrogens (tertiary/aromatic N) is 1. The molecule has 2 rings (SSSR count). The summed E-state index contributed by atoms with van der Waals surface area (Å²) in [5, 5.41) is 15.5. The van der Waals surface area contributed by atoms with E-state index in [-0.39, 0.29) is 6.04 Å². The SMILES string of the molecule is CC(CC(O)c1ccccc1)NCc1cscn1. The molecule has 1 aromatic carbocycles. The summed E-state index contributed by atoms with van der Waals surface area (Å²) in [7, 11) is 0. The third kappa shape index (κ3) is 3.91. The molecule has 4 heteroatoms. The zero-order valence-corrected chi connectivity index (χ0v) is 11.2. The molecule has 18 heavy (non-hydrogen) atoms. The molecule has 2 unspecified atom stereocenters. The minimum absolute atomic E-state index is 0.252. The van der Waals surface area contributed by atoms with Crippen LogP contribution in [0.1, 0.15) is 30.7 Å². The first kappa shape index (κ1) is 13.2. The molecule has 0 aliphatic carbocycles. The maximum Gasteiger partial charge on any atom is 0.0804 e. The van der Waals surface area contributed by atoms with Crippen LogP contribution in [0.25, 0.3) is 0 Å². The van der Waals surface area contributed by atoms with Crippen LogP contribution in [-0.2, 0) is 6.54 Å². The van der Waals surface area contributed by atoms with Gasteiger partial charge in [-0.2, -0.15) is 0 Å². The second-order valence-electron chi connectivity index (χ2n) is 4.42. The number of hydrogen-bond donors (Lipinski definition) is 2. The van der Waals surface area contributed by atoms with Gasteiger partial charge < -0.3 is 10.4 Å². The zero-order chi connectivity index (χ0) is 12.8. The number of aromatic nitrogens is 1. The molecule has 0 saturated carbocycles. The van der Waals surface area contributed by atoms with Crippen LogP contribution in [0.2, 0.25) is 0 Å². The van der Waals surface area contributed by atoms with E-state index in [1.807, 2.05) is 41.2 Å². The van der Waals surface area contributed by atoms with Gasteiger partial charge in [0, 0.05) is 18.0 Å². The van der Waals surface area contributed by atoms with Crippen LogP contribution in [0, 0.1) is 0 Å². The number of aliphatic hydroxyl groups excluding tert-OH is 1. The number of rotatable bonds is 6. The summed E-state index contributed by atoms with van der Waals surface area (Å²) in [6, 6.07) is 10.0. The van der Waals surface area contributed by atoms with Gasteiger partial charge in [-0.25, -0.2) is 4.98 Å². The van der Waals surface area contributed by atoms with Gasteiger partial charge in [-0.05, 0) is 18.9 Å². The van der Waals surface area contributed by atoms with Crippen molar-refractivity contribution in [3.63, 3.8) is 0 Å². The Kier molecular flexibility index (Phi) is 4.87. The molecule has 0 fully saturated rings. The first-order chi connectivity index (χ1) is 8.75. The molecule has 0 aliphatic rings. The van der Waals surface area contributed by atoms with Crippen molar-refractivity contribution < 1.29 is 5.11 Å². The molecule has 0 amide bonds. The van der Waals surface area contributed by atoms with Gasteiger partial charge >= 0.3 is 0 Å². The Hall–Kier alpha value is -1.23. The fourth-order valence-corrected chi connectivity index (χ4v) is 2.39. The molecule has 0 radical (unpaired) electrons. The summed E-state index contributed by atoms with van der Waals surface area (Å²) in [5.41, 5.74) is 3.86. The van der Waals surface area contributed by atoms with E-state index in [4.69, 9.17) is 0 Å². The summed E-state index contributed by atoms with van der Waals surface area (Å²) < 4.78 is 0. The average Bonchev–Trinajstić information content (AvgIpc) is 2.90. The minimum Gasteiger partial charge on any atom is -0.388 e. The standard InChI is InChI=1S/C14H18N2OS/c1-11(15-8-13-9-18-10-16-13)7-14(17)12-5-3-2-4-6-12/h2-6,9-11,14-15,17H,7-8H2,1H3. The van der Waals surface area contributed by atoms with E-state index in [2.05, 4.69) is 17.2 Å². The molecule has 2 atom stereocenters. The van der Waals surface area contributed by atoms with Crippen molar-refractivity contribution >= 4 is 11.3 Å². The third-order valence-corrected chi connectivity index (χ3v) is 3.51. The highest BCUT2D eigenvalue weighted by Gasteiger charge is 2.11. The Morgan fingerprint density at radius 2 is 2.11 bits per heavy atom. The van der Waals surface area contributed by atoms with E-state index >= 15 is 0 Å². The average molecular weight is 262 g/mol. The van der Waals surface area contributed by atoms with Crippen LogP contribution < -0.4 is 5.32 Å². The molecule has 0 spiro atoms. The molecular formula is C14H18N2OS. The summed E-state index contributed by atoms with van der Waals surface area (Å²) >= 11 is 1.60. The fourth-order valence-electron chi connectivity index (χ4n) is 1.83. The lowest BCUT2D eigenvalue weighted by atomic mass is 10.0. The predicted molar refractivity (Wildman–Crippen MR) is 74.4 cm³/mol. The largest absolute Gasteiger partial charge is 0.388 e. The molecule has 0 bridgehead atoms. The Morgan fingerprint density at radius 3 is 2.78 bits per heavy atom. The lowest BCUT2D eigenvalue weighted by Gasteiger charge is -2.17. The van der Waals surface area contributed by atoms with Crippen molar-refractivity contribution in [1.82, 2.24) is 10.3 Å². The number of thiazole rings is 1. The van der Waals surface area contributed by atoms with Gasteiger partial charge in [0.25, 0.3) is 0 Å². The lowest BCUT2D eigenvalue weighted by Crippen LogP contribution is -2.27. The van der Waals surface area contributed by atoms with Gasteiger partial charge in [0.2, 0.25) is 0 Å². The molecule has 96 valence electrons. The van der Waals surface area contributed by atoms with Crippen LogP contribution in [0.3, 0.4) is 0 Å². The van der Waals surface area contributed by atoms with Crippen LogP contribution in [0.15, 0.2) is 41.2 Å². The summed E-state index contributed by atoms with van der Waals surface area (Å²) in [6.07, 6.45) is 0.290. The first-order valence-electron chi connectivity index (χ1n) is 6.09. The minimum atomic E-state index is -0.413. The molecule has 3 nitrogen and oxygen atoms in total. The van der Waals surface area contributed by atoms with Gasteiger partial charge in [0.05, 0.1) is 17.3 Å². The quantitative estimate of drug-likeness (QED) is 0.841. The van der Waals surface area contributed by atoms with Gasteiger partial charge in [0.1, 0.15) is 0 Å². The van der Waals surface area contributed by atoms with Crippen LogP contribution >= 0.6 is 11.3 Å². The Labute approximate surface area is 112 Å². The highest BCUT2D eigenvalue weighted by Crippen LogP contribution is 2.17. The van der Waals surface area contributed by atoms with Crippen molar-refractivity contribution in [2.75, 3.05) is 0 Å². The number of hydrogen-bond acceptors (Lipinski definition) is 4. The van der Waals surface area contributed by atoms with Gasteiger partial charge in [-0.15, -0.1) is 11.3 Å². The monoisotopic (exact) mass is 262 g/mol. The Bertz CT molecular complexity index is 444. The second-order valence-corrected chi connectivity index (χ2v) is 5.14. The first-order valence-corrected chi connectivity index (χ1v) is 7.03. The Balaban J connectivity index is 1.78. The second kappa shape index (κ2) is 6.64. The van der Waals surface area contributed by atoms with Crippen molar-refractivity contribution in [2.24, 2.45) is 0 Å². The van der Waals surface area contributed by atoms with Crippen molar-refractivity contribution in [3.05, 3.63) is 52.5 Å².